The molecule has 0 spiro atoms. The highest BCUT2D eigenvalue weighted by molar-refractivity contribution is 7.12. The monoisotopic (exact) mass is 275 g/mol. The first-order valence-electron chi connectivity index (χ1n) is 6.15. The van der Waals surface area contributed by atoms with Gasteiger partial charge in [-0.1, -0.05) is 6.07 Å². The van der Waals surface area contributed by atoms with Crippen molar-refractivity contribution in [3.05, 3.63) is 38.7 Å². The topological polar surface area (TPSA) is 50.2 Å². The Labute approximate surface area is 116 Å². The maximum atomic E-state index is 10.9. The van der Waals surface area contributed by atoms with E-state index < -0.39 is 5.97 Å². The largest absolute Gasteiger partial charge is 0.481 e. The van der Waals surface area contributed by atoms with Gasteiger partial charge in [0.15, 0.2) is 0 Å². The first kappa shape index (κ1) is 13.7. The number of benzene rings is 1. The number of nitrogens with zero attached hydrogens (tertiary/aromatic N) is 1. The predicted molar refractivity (Wildman–Crippen MR) is 77.8 cm³/mol. The minimum Gasteiger partial charge on any atom is -0.481 e. The molecule has 2 aromatic rings. The van der Waals surface area contributed by atoms with Gasteiger partial charge >= 0.3 is 5.97 Å². The van der Waals surface area contributed by atoms with E-state index in [4.69, 9.17) is 5.11 Å². The van der Waals surface area contributed by atoms with Crippen LogP contribution in [-0.2, 0) is 11.2 Å². The van der Waals surface area contributed by atoms with Crippen molar-refractivity contribution < 1.29 is 9.90 Å². The van der Waals surface area contributed by atoms with Crippen molar-refractivity contribution in [3.63, 3.8) is 0 Å². The van der Waals surface area contributed by atoms with E-state index in [-0.39, 0.29) is 6.42 Å². The third-order valence-corrected chi connectivity index (χ3v) is 4.18. The first-order chi connectivity index (χ1) is 8.88. The Morgan fingerprint density at radius 3 is 2.42 bits per heavy atom. The fourth-order valence-corrected chi connectivity index (χ4v) is 3.09. The van der Waals surface area contributed by atoms with Crippen molar-refractivity contribution in [1.29, 1.82) is 0 Å². The zero-order chi connectivity index (χ0) is 14.2. The summed E-state index contributed by atoms with van der Waals surface area (Å²) in [7, 11) is 0. The van der Waals surface area contributed by atoms with Gasteiger partial charge in [0.25, 0.3) is 0 Å². The number of aryl methyl sites for hydroxylation is 4. The summed E-state index contributed by atoms with van der Waals surface area (Å²) in [6.45, 7) is 8.10. The highest BCUT2D eigenvalue weighted by atomic mass is 32.1. The molecule has 0 saturated heterocycles. The highest BCUT2D eigenvalue weighted by Gasteiger charge is 2.16. The van der Waals surface area contributed by atoms with Gasteiger partial charge in [-0.15, -0.1) is 11.3 Å². The minimum atomic E-state index is -0.814. The van der Waals surface area contributed by atoms with Gasteiger partial charge in [-0.3, -0.25) is 4.79 Å². The summed E-state index contributed by atoms with van der Waals surface area (Å²) >= 11 is 1.46. The lowest BCUT2D eigenvalue weighted by atomic mass is 9.98. The summed E-state index contributed by atoms with van der Waals surface area (Å²) in [5.41, 5.74) is 5.45. The standard InChI is InChI=1S/C15H17NO2S/c1-8-5-10(3)12(6-9(8)2)15-13(7-14(17)18)19-11(4)16-15/h5-6H,7H2,1-4H3,(H,17,18). The lowest BCUT2D eigenvalue weighted by Gasteiger charge is -2.09. The summed E-state index contributed by atoms with van der Waals surface area (Å²) in [5.74, 6) is -0.814. The normalized spacial score (nSPS) is 10.7. The van der Waals surface area contributed by atoms with Crippen LogP contribution in [0.2, 0.25) is 0 Å². The van der Waals surface area contributed by atoms with Crippen LogP contribution in [0, 0.1) is 27.7 Å². The Morgan fingerprint density at radius 2 is 1.79 bits per heavy atom. The molecule has 0 atom stereocenters. The lowest BCUT2D eigenvalue weighted by molar-refractivity contribution is -0.136. The molecule has 0 saturated carbocycles. The van der Waals surface area contributed by atoms with Crippen molar-refractivity contribution in [1.82, 2.24) is 4.98 Å². The molecule has 1 aromatic carbocycles. The fraction of sp³-hybridized carbons (Fsp3) is 0.333. The van der Waals surface area contributed by atoms with E-state index in [1.807, 2.05) is 13.8 Å². The second kappa shape index (κ2) is 5.13. The van der Waals surface area contributed by atoms with E-state index >= 15 is 0 Å². The van der Waals surface area contributed by atoms with Crippen LogP contribution in [0.15, 0.2) is 12.1 Å². The number of carbonyl (C=O) groups is 1. The van der Waals surface area contributed by atoms with Crippen LogP contribution >= 0.6 is 11.3 Å². The summed E-state index contributed by atoms with van der Waals surface area (Å²) < 4.78 is 0. The molecular weight excluding hydrogens is 258 g/mol. The molecule has 4 heteroatoms. The number of hydrogen-bond donors (Lipinski definition) is 1. The number of rotatable bonds is 3. The van der Waals surface area contributed by atoms with E-state index in [0.29, 0.717) is 0 Å². The summed E-state index contributed by atoms with van der Waals surface area (Å²) in [6.07, 6.45) is 0.0349. The molecule has 0 radical (unpaired) electrons. The Morgan fingerprint density at radius 1 is 1.16 bits per heavy atom. The fourth-order valence-electron chi connectivity index (χ4n) is 2.15. The van der Waals surface area contributed by atoms with Gasteiger partial charge in [-0.2, -0.15) is 0 Å². The lowest BCUT2D eigenvalue weighted by Crippen LogP contribution is -2.00. The van der Waals surface area contributed by atoms with Crippen LogP contribution in [0.1, 0.15) is 26.6 Å². The summed E-state index contributed by atoms with van der Waals surface area (Å²) in [5, 5.41) is 9.90. The molecule has 0 fully saturated rings. The zero-order valence-electron chi connectivity index (χ0n) is 11.6. The van der Waals surface area contributed by atoms with Crippen LogP contribution in [0.5, 0.6) is 0 Å². The number of carboxylic acids is 1. The van der Waals surface area contributed by atoms with Crippen LogP contribution in [0.4, 0.5) is 0 Å². The molecular formula is C15H17NO2S. The van der Waals surface area contributed by atoms with E-state index in [1.54, 1.807) is 0 Å². The molecule has 3 nitrogen and oxygen atoms in total. The number of hydrogen-bond acceptors (Lipinski definition) is 3. The van der Waals surface area contributed by atoms with Gasteiger partial charge in [0.1, 0.15) is 0 Å². The van der Waals surface area contributed by atoms with Gasteiger partial charge in [0, 0.05) is 10.4 Å². The Hall–Kier alpha value is -1.68. The molecule has 1 N–H and O–H groups in total. The number of aromatic nitrogens is 1. The first-order valence-corrected chi connectivity index (χ1v) is 6.96. The van der Waals surface area contributed by atoms with Gasteiger partial charge in [0.05, 0.1) is 17.1 Å². The van der Waals surface area contributed by atoms with Gasteiger partial charge < -0.3 is 5.11 Å². The van der Waals surface area contributed by atoms with Crippen LogP contribution < -0.4 is 0 Å². The van der Waals surface area contributed by atoms with Gasteiger partial charge in [-0.25, -0.2) is 4.98 Å². The highest BCUT2D eigenvalue weighted by Crippen LogP contribution is 2.32. The average molecular weight is 275 g/mol. The Balaban J connectivity index is 2.58. The molecule has 2 rings (SSSR count). The van der Waals surface area contributed by atoms with Crippen molar-refractivity contribution in [2.45, 2.75) is 34.1 Å². The van der Waals surface area contributed by atoms with Crippen molar-refractivity contribution in [3.8, 4) is 11.3 Å². The molecule has 19 heavy (non-hydrogen) atoms. The smallest absolute Gasteiger partial charge is 0.308 e. The molecule has 0 unspecified atom stereocenters. The number of thiazole rings is 1. The molecule has 0 bridgehead atoms. The van der Waals surface area contributed by atoms with E-state index in [0.717, 1.165) is 26.7 Å². The van der Waals surface area contributed by atoms with Gasteiger partial charge in [-0.05, 0) is 50.5 Å². The maximum absolute atomic E-state index is 10.9. The molecule has 0 aliphatic carbocycles. The third-order valence-electron chi connectivity index (χ3n) is 3.21. The molecule has 0 amide bonds. The van der Waals surface area contributed by atoms with E-state index in [2.05, 4.69) is 31.0 Å². The Kier molecular flexibility index (Phi) is 3.71. The third kappa shape index (κ3) is 2.84. The molecule has 1 aromatic heterocycles. The average Bonchev–Trinajstić information content (AvgIpc) is 2.63. The van der Waals surface area contributed by atoms with Crippen LogP contribution in [-0.4, -0.2) is 16.1 Å². The molecule has 100 valence electrons. The number of carboxylic acid groups (broad SMARTS) is 1. The van der Waals surface area contributed by atoms with Crippen molar-refractivity contribution in [2.24, 2.45) is 0 Å². The minimum absolute atomic E-state index is 0.0349. The summed E-state index contributed by atoms with van der Waals surface area (Å²) in [4.78, 5) is 16.3. The van der Waals surface area contributed by atoms with Crippen LogP contribution in [0.25, 0.3) is 11.3 Å². The van der Waals surface area contributed by atoms with E-state index in [9.17, 15) is 4.79 Å². The van der Waals surface area contributed by atoms with Gasteiger partial charge in [0.2, 0.25) is 0 Å². The second-order valence-corrected chi connectivity index (χ2v) is 6.11. The summed E-state index contributed by atoms with van der Waals surface area (Å²) in [6, 6.07) is 4.23. The molecule has 1 heterocycles. The molecule has 0 aliphatic rings. The SMILES string of the molecule is Cc1nc(-c2cc(C)c(C)cc2C)c(CC(=O)O)s1. The van der Waals surface area contributed by atoms with E-state index in [1.165, 1.54) is 22.5 Å². The number of aliphatic carboxylic acids is 1. The zero-order valence-corrected chi connectivity index (χ0v) is 12.4. The predicted octanol–water partition coefficient (Wildman–Crippen LogP) is 3.67. The Bertz CT molecular complexity index is 644. The maximum Gasteiger partial charge on any atom is 0.308 e. The second-order valence-electron chi connectivity index (χ2n) is 4.83. The molecule has 0 aliphatic heterocycles. The quantitative estimate of drug-likeness (QED) is 0.929. The van der Waals surface area contributed by atoms with Crippen molar-refractivity contribution in [2.75, 3.05) is 0 Å². The van der Waals surface area contributed by atoms with Crippen LogP contribution in [0.3, 0.4) is 0 Å². The van der Waals surface area contributed by atoms with Crippen molar-refractivity contribution >= 4 is 17.3 Å².